The van der Waals surface area contributed by atoms with Gasteiger partial charge in [-0.05, 0) is 50.0 Å². The molecule has 2 aromatic rings. The maximum absolute atomic E-state index is 6.04. The van der Waals surface area contributed by atoms with Crippen LogP contribution in [0.4, 0.5) is 0 Å². The Morgan fingerprint density at radius 1 is 1.14 bits per heavy atom. The van der Waals surface area contributed by atoms with Crippen LogP contribution in [0.25, 0.3) is 16.3 Å². The van der Waals surface area contributed by atoms with Crippen molar-refractivity contribution in [3.8, 4) is 0 Å². The van der Waals surface area contributed by atoms with Crippen LogP contribution in [-0.4, -0.2) is 23.0 Å². The first kappa shape index (κ1) is 26.2. The van der Waals surface area contributed by atoms with Crippen LogP contribution in [0.1, 0.15) is 24.8 Å². The fourth-order valence-corrected chi connectivity index (χ4v) is 8.40. The van der Waals surface area contributed by atoms with Crippen LogP contribution in [0.2, 0.25) is 32.7 Å². The Morgan fingerprint density at radius 2 is 1.86 bits per heavy atom. The van der Waals surface area contributed by atoms with E-state index in [1.165, 1.54) is 16.5 Å². The minimum atomic E-state index is -1.39. The van der Waals surface area contributed by atoms with Crippen molar-refractivity contribution < 1.29 is 55.4 Å². The van der Waals surface area contributed by atoms with E-state index < -0.39 is 16.4 Å². The molecule has 1 heterocycles. The Hall–Kier alpha value is 0.167. The molecule has 0 atom stereocenters. The van der Waals surface area contributed by atoms with E-state index in [9.17, 15) is 0 Å². The van der Waals surface area contributed by atoms with E-state index in [0.717, 1.165) is 25.9 Å². The van der Waals surface area contributed by atoms with E-state index in [1.54, 1.807) is 21.3 Å². The Kier molecular flexibility index (Phi) is 8.92. The van der Waals surface area contributed by atoms with E-state index in [0.29, 0.717) is 0 Å². The first-order chi connectivity index (χ1) is 11.8. The molecule has 0 unspecified atom stereocenters. The number of hydrogen-bond acceptors (Lipinski definition) is 1. The van der Waals surface area contributed by atoms with Crippen LogP contribution >= 0.6 is 0 Å². The van der Waals surface area contributed by atoms with Crippen molar-refractivity contribution in [1.82, 2.24) is 0 Å². The molecule has 0 saturated heterocycles. The maximum Gasteiger partial charge on any atom is 3.00 e. The molecule has 0 saturated carbocycles. The van der Waals surface area contributed by atoms with Gasteiger partial charge in [-0.2, -0.15) is 10.4 Å². The van der Waals surface area contributed by atoms with E-state index in [1.807, 2.05) is 0 Å². The predicted molar refractivity (Wildman–Crippen MR) is 116 cm³/mol. The molecule has 0 bridgehead atoms. The van der Waals surface area contributed by atoms with Crippen LogP contribution in [0.3, 0.4) is 0 Å². The zero-order valence-corrected chi connectivity index (χ0v) is 23.4. The Bertz CT molecular complexity index is 907. The van der Waals surface area contributed by atoms with E-state index in [2.05, 4.69) is 69.2 Å². The molecule has 0 aromatic heterocycles. The summed E-state index contributed by atoms with van der Waals surface area (Å²) in [5.74, 6) is 0. The Balaban J connectivity index is 0.00000131. The molecule has 0 amide bonds. The van der Waals surface area contributed by atoms with Gasteiger partial charge in [0.2, 0.25) is 0 Å². The Labute approximate surface area is 203 Å². The predicted octanol–water partition coefficient (Wildman–Crippen LogP) is -0.955. The third-order valence-corrected chi connectivity index (χ3v) is 9.96. The van der Waals surface area contributed by atoms with Crippen LogP contribution in [0.15, 0.2) is 42.0 Å². The molecule has 2 aromatic carbocycles. The average molecular weight is 528 g/mol. The summed E-state index contributed by atoms with van der Waals surface area (Å²) in [5.41, 5.74) is 4.59. The summed E-state index contributed by atoms with van der Waals surface area (Å²) in [6.45, 7) is 12.7. The average Bonchev–Trinajstić information content (AvgIpc) is 2.95. The summed E-state index contributed by atoms with van der Waals surface area (Å²) in [7, 11) is -2.58. The molecule has 1 nitrogen and oxygen atoms in total. The van der Waals surface area contributed by atoms with Gasteiger partial charge in [0, 0.05) is 14.7 Å². The molecule has 28 heavy (non-hydrogen) atoms. The van der Waals surface area contributed by atoms with Gasteiger partial charge in [0.1, 0.15) is 0 Å². The third-order valence-electron chi connectivity index (χ3n) is 5.63. The van der Waals surface area contributed by atoms with Crippen molar-refractivity contribution in [1.29, 1.82) is 0 Å². The van der Waals surface area contributed by atoms with Crippen LogP contribution in [-0.2, 0) is 30.6 Å². The largest absolute Gasteiger partial charge is 3.00 e. The van der Waals surface area contributed by atoms with Gasteiger partial charge in [0.05, 0.1) is 0 Å². The van der Waals surface area contributed by atoms with Gasteiger partial charge in [-0.1, -0.05) is 36.9 Å². The second kappa shape index (κ2) is 9.54. The SMILES string of the molecule is C[Si](C)(C)OCCCC1=C(c2cccc3[cH-]c4c(c23)[Si]4(C)C)CC=C1.[Cl-].[Cl-].[Zr+3]. The molecule has 1 aliphatic heterocycles. The van der Waals surface area contributed by atoms with Gasteiger partial charge in [-0.25, -0.2) is 0 Å². The summed E-state index contributed by atoms with van der Waals surface area (Å²) in [4.78, 5) is 0. The van der Waals surface area contributed by atoms with Gasteiger partial charge in [0.15, 0.2) is 8.32 Å². The van der Waals surface area contributed by atoms with E-state index in [-0.39, 0.29) is 51.0 Å². The number of fused-ring (bicyclic) bond motifs is 3. The van der Waals surface area contributed by atoms with Gasteiger partial charge in [-0.15, -0.1) is 29.0 Å². The number of hydrogen-bond donors (Lipinski definition) is 0. The molecule has 4 rings (SSSR count). The molecule has 6 heteroatoms. The smallest absolute Gasteiger partial charge is 1.00 e. The summed E-state index contributed by atoms with van der Waals surface area (Å²) in [6.07, 6.45) is 8.05. The number of allylic oxidation sites excluding steroid dienone is 4. The monoisotopic (exact) mass is 525 g/mol. The fraction of sp³-hybridized carbons (Fsp3) is 0.409. The summed E-state index contributed by atoms with van der Waals surface area (Å²) < 4.78 is 6.04. The third kappa shape index (κ3) is 4.90. The Morgan fingerprint density at radius 3 is 2.54 bits per heavy atom. The van der Waals surface area contributed by atoms with Crippen molar-refractivity contribution in [3.63, 3.8) is 0 Å². The van der Waals surface area contributed by atoms with Crippen molar-refractivity contribution in [2.24, 2.45) is 0 Å². The van der Waals surface area contributed by atoms with E-state index in [4.69, 9.17) is 4.43 Å². The van der Waals surface area contributed by atoms with Crippen molar-refractivity contribution >= 4 is 43.1 Å². The topological polar surface area (TPSA) is 9.23 Å². The summed E-state index contributed by atoms with van der Waals surface area (Å²) in [6, 6.07) is 9.35. The van der Waals surface area contributed by atoms with Gasteiger partial charge < -0.3 is 29.2 Å². The quantitative estimate of drug-likeness (QED) is 0.267. The van der Waals surface area contributed by atoms with Gasteiger partial charge >= 0.3 is 26.2 Å². The van der Waals surface area contributed by atoms with Gasteiger partial charge in [-0.3, -0.25) is 0 Å². The van der Waals surface area contributed by atoms with Crippen molar-refractivity contribution in [3.05, 3.63) is 47.6 Å². The molecule has 0 spiro atoms. The zero-order chi connectivity index (χ0) is 17.8. The minimum Gasteiger partial charge on any atom is -1.00 e. The number of benzene rings is 1. The maximum atomic E-state index is 6.04. The minimum absolute atomic E-state index is 0. The van der Waals surface area contributed by atoms with Crippen molar-refractivity contribution in [2.75, 3.05) is 6.61 Å². The molecule has 0 fully saturated rings. The zero-order valence-electron chi connectivity index (χ0n) is 17.5. The van der Waals surface area contributed by atoms with Crippen LogP contribution < -0.4 is 35.2 Å². The normalized spacial score (nSPS) is 16.3. The fourth-order valence-electron chi connectivity index (χ4n) is 4.28. The number of halogens is 2. The molecular weight excluding hydrogens is 499 g/mol. The van der Waals surface area contributed by atoms with Crippen LogP contribution in [0, 0.1) is 0 Å². The van der Waals surface area contributed by atoms with Gasteiger partial charge in [0.25, 0.3) is 0 Å². The summed E-state index contributed by atoms with van der Waals surface area (Å²) >= 11 is 0. The van der Waals surface area contributed by atoms with Crippen molar-refractivity contribution in [2.45, 2.75) is 52.0 Å². The summed E-state index contributed by atoms with van der Waals surface area (Å²) in [5, 5.41) is 6.43. The molecule has 1 radical (unpaired) electrons. The second-order valence-electron chi connectivity index (χ2n) is 9.00. The van der Waals surface area contributed by atoms with E-state index >= 15 is 0 Å². The van der Waals surface area contributed by atoms with Crippen LogP contribution in [0.5, 0.6) is 0 Å². The number of rotatable bonds is 6. The molecule has 2 aliphatic rings. The molecule has 149 valence electrons. The first-order valence-corrected chi connectivity index (χ1v) is 16.0. The molecule has 0 N–H and O–H groups in total. The molecule has 1 aliphatic carbocycles. The molecular formula is C22H29Cl2OSi2Zr. The standard InChI is InChI=1S/C22H29OSi2.2ClH.Zr/c1-24(2,3)23-14-8-11-16-9-6-12-18(16)19-13-7-10-17-15-20-22(21(17)19)25(20,4)5;;;/h6-7,9-10,13,15H,8,11-12,14H2,1-5H3;2*1H;/q-1;;;+3/p-2. The first-order valence-electron chi connectivity index (χ1n) is 9.55. The second-order valence-corrected chi connectivity index (χ2v) is 17.8.